The summed E-state index contributed by atoms with van der Waals surface area (Å²) in [6.07, 6.45) is 8.79. The predicted molar refractivity (Wildman–Crippen MR) is 41.7 cm³/mol. The van der Waals surface area contributed by atoms with E-state index in [4.69, 9.17) is 0 Å². The molecule has 0 aliphatic heterocycles. The van der Waals surface area contributed by atoms with Crippen LogP contribution in [0.4, 0.5) is 0 Å². The second kappa shape index (κ2) is 2.51. The van der Waals surface area contributed by atoms with Crippen molar-refractivity contribution >= 4 is 5.70 Å². The zero-order valence-corrected chi connectivity index (χ0v) is 6.14. The van der Waals surface area contributed by atoms with Crippen LogP contribution in [0.25, 0.3) is 5.70 Å². The maximum atomic E-state index is 9.19. The molecule has 0 spiro atoms. The minimum atomic E-state index is -0.257. The van der Waals surface area contributed by atoms with Crippen molar-refractivity contribution in [2.45, 2.75) is 18.9 Å². The topological polar surface area (TPSA) is 38.0 Å². The van der Waals surface area contributed by atoms with Gasteiger partial charge < -0.3 is 9.67 Å². The first kappa shape index (κ1) is 6.61. The van der Waals surface area contributed by atoms with E-state index in [1.54, 1.807) is 12.5 Å². The Morgan fingerprint density at radius 1 is 1.64 bits per heavy atom. The molecule has 11 heavy (non-hydrogen) atoms. The van der Waals surface area contributed by atoms with Crippen molar-refractivity contribution in [1.29, 1.82) is 0 Å². The van der Waals surface area contributed by atoms with Crippen LogP contribution in [-0.2, 0) is 0 Å². The summed E-state index contributed by atoms with van der Waals surface area (Å²) >= 11 is 0. The lowest BCUT2D eigenvalue weighted by atomic mass is 10.3. The number of rotatable bonds is 1. The van der Waals surface area contributed by atoms with Gasteiger partial charge in [0.25, 0.3) is 0 Å². The van der Waals surface area contributed by atoms with Gasteiger partial charge in [-0.25, -0.2) is 4.98 Å². The van der Waals surface area contributed by atoms with E-state index in [-0.39, 0.29) is 6.10 Å². The van der Waals surface area contributed by atoms with E-state index < -0.39 is 0 Å². The molecule has 0 fully saturated rings. The molecule has 1 unspecified atom stereocenters. The van der Waals surface area contributed by atoms with Crippen LogP contribution in [-0.4, -0.2) is 20.8 Å². The van der Waals surface area contributed by atoms with E-state index in [9.17, 15) is 5.11 Å². The Morgan fingerprint density at radius 2 is 2.55 bits per heavy atom. The normalized spacial score (nSPS) is 23.7. The lowest BCUT2D eigenvalue weighted by Crippen LogP contribution is -1.93. The number of nitrogens with zero attached hydrogens (tertiary/aromatic N) is 2. The van der Waals surface area contributed by atoms with Gasteiger partial charge in [-0.1, -0.05) is 0 Å². The minimum Gasteiger partial charge on any atom is -0.389 e. The van der Waals surface area contributed by atoms with E-state index in [2.05, 4.69) is 4.98 Å². The van der Waals surface area contributed by atoms with Gasteiger partial charge in [-0.15, -0.1) is 0 Å². The number of imidazole rings is 1. The summed E-state index contributed by atoms with van der Waals surface area (Å²) in [4.78, 5) is 3.93. The molecule has 0 aromatic carbocycles. The third-order valence-corrected chi connectivity index (χ3v) is 1.92. The Bertz CT molecular complexity index is 264. The van der Waals surface area contributed by atoms with Crippen molar-refractivity contribution in [1.82, 2.24) is 9.55 Å². The van der Waals surface area contributed by atoms with Gasteiger partial charge >= 0.3 is 0 Å². The van der Waals surface area contributed by atoms with Gasteiger partial charge in [-0.3, -0.25) is 0 Å². The third-order valence-electron chi connectivity index (χ3n) is 1.92. The number of aliphatic hydroxyl groups is 1. The van der Waals surface area contributed by atoms with Gasteiger partial charge in [0.15, 0.2) is 0 Å². The highest BCUT2D eigenvalue weighted by Crippen LogP contribution is 2.21. The van der Waals surface area contributed by atoms with Crippen molar-refractivity contribution in [3.05, 3.63) is 24.8 Å². The number of hydrogen-bond donors (Lipinski definition) is 1. The van der Waals surface area contributed by atoms with Crippen molar-refractivity contribution in [2.75, 3.05) is 0 Å². The Hall–Kier alpha value is -1.09. The average Bonchev–Trinajstić information content (AvgIpc) is 2.55. The summed E-state index contributed by atoms with van der Waals surface area (Å²) in [5, 5.41) is 9.19. The van der Waals surface area contributed by atoms with Crippen molar-refractivity contribution in [3.8, 4) is 0 Å². The standard InChI is InChI=1S/C8H10N2O/c11-8-2-1-7(5-8)10-4-3-9-6-10/h3-6,8,11H,1-2H2. The Kier molecular flexibility index (Phi) is 1.51. The van der Waals surface area contributed by atoms with Gasteiger partial charge in [-0.05, 0) is 18.9 Å². The van der Waals surface area contributed by atoms with E-state index in [1.807, 2.05) is 16.8 Å². The summed E-state index contributed by atoms with van der Waals surface area (Å²) in [5.74, 6) is 0. The molecule has 0 saturated heterocycles. The SMILES string of the molecule is OC1C=C(n2ccnc2)CC1. The van der Waals surface area contributed by atoms with Gasteiger partial charge in [0.1, 0.15) is 0 Å². The molecule has 0 amide bonds. The Balaban J connectivity index is 2.25. The van der Waals surface area contributed by atoms with Crippen LogP contribution < -0.4 is 0 Å². The molecular weight excluding hydrogens is 140 g/mol. The van der Waals surface area contributed by atoms with E-state index in [0.29, 0.717) is 0 Å². The molecule has 1 aliphatic rings. The molecule has 3 heteroatoms. The van der Waals surface area contributed by atoms with Gasteiger partial charge in [0, 0.05) is 18.1 Å². The summed E-state index contributed by atoms with van der Waals surface area (Å²) in [7, 11) is 0. The number of aliphatic hydroxyl groups excluding tert-OH is 1. The fourth-order valence-corrected chi connectivity index (χ4v) is 1.33. The second-order valence-electron chi connectivity index (χ2n) is 2.73. The molecule has 1 N–H and O–H groups in total. The highest BCUT2D eigenvalue weighted by atomic mass is 16.3. The van der Waals surface area contributed by atoms with Crippen LogP contribution in [0, 0.1) is 0 Å². The molecule has 1 aliphatic carbocycles. The van der Waals surface area contributed by atoms with E-state index >= 15 is 0 Å². The van der Waals surface area contributed by atoms with Crippen LogP contribution in [0.3, 0.4) is 0 Å². The third kappa shape index (κ3) is 1.19. The molecular formula is C8H10N2O. The van der Waals surface area contributed by atoms with Crippen molar-refractivity contribution in [3.63, 3.8) is 0 Å². The number of allylic oxidation sites excluding steroid dienone is 1. The summed E-state index contributed by atoms with van der Waals surface area (Å²) in [5.41, 5.74) is 1.15. The molecule has 2 rings (SSSR count). The lowest BCUT2D eigenvalue weighted by molar-refractivity contribution is 0.223. The van der Waals surface area contributed by atoms with Crippen molar-refractivity contribution in [2.24, 2.45) is 0 Å². The summed E-state index contributed by atoms with van der Waals surface area (Å²) in [6.45, 7) is 0. The molecule has 1 atom stereocenters. The van der Waals surface area contributed by atoms with Crippen LogP contribution in [0.1, 0.15) is 12.8 Å². The smallest absolute Gasteiger partial charge is 0.0989 e. The fraction of sp³-hybridized carbons (Fsp3) is 0.375. The zero-order valence-electron chi connectivity index (χ0n) is 6.14. The molecule has 0 radical (unpaired) electrons. The minimum absolute atomic E-state index is 0.257. The lowest BCUT2D eigenvalue weighted by Gasteiger charge is -1.98. The monoisotopic (exact) mass is 150 g/mol. The maximum Gasteiger partial charge on any atom is 0.0989 e. The molecule has 0 saturated carbocycles. The maximum absolute atomic E-state index is 9.19. The van der Waals surface area contributed by atoms with E-state index in [0.717, 1.165) is 18.5 Å². The van der Waals surface area contributed by atoms with Crippen LogP contribution >= 0.6 is 0 Å². The summed E-state index contributed by atoms with van der Waals surface area (Å²) in [6, 6.07) is 0. The van der Waals surface area contributed by atoms with Crippen LogP contribution in [0.2, 0.25) is 0 Å². The molecule has 1 aromatic heterocycles. The molecule has 58 valence electrons. The first-order valence-electron chi connectivity index (χ1n) is 3.73. The average molecular weight is 150 g/mol. The molecule has 0 bridgehead atoms. The zero-order chi connectivity index (χ0) is 7.68. The summed E-state index contributed by atoms with van der Waals surface area (Å²) < 4.78 is 1.94. The van der Waals surface area contributed by atoms with Crippen molar-refractivity contribution < 1.29 is 5.11 Å². The van der Waals surface area contributed by atoms with E-state index in [1.165, 1.54) is 0 Å². The highest BCUT2D eigenvalue weighted by molar-refractivity contribution is 5.48. The highest BCUT2D eigenvalue weighted by Gasteiger charge is 2.13. The largest absolute Gasteiger partial charge is 0.389 e. The number of aromatic nitrogens is 2. The molecule has 1 heterocycles. The predicted octanol–water partition coefficient (Wildman–Crippen LogP) is 0.879. The fourth-order valence-electron chi connectivity index (χ4n) is 1.33. The van der Waals surface area contributed by atoms with Gasteiger partial charge in [-0.2, -0.15) is 0 Å². The van der Waals surface area contributed by atoms with Crippen LogP contribution in [0.5, 0.6) is 0 Å². The molecule has 3 nitrogen and oxygen atoms in total. The second-order valence-corrected chi connectivity index (χ2v) is 2.73. The molecule has 1 aromatic rings. The van der Waals surface area contributed by atoms with Gasteiger partial charge in [0.2, 0.25) is 0 Å². The van der Waals surface area contributed by atoms with Crippen LogP contribution in [0.15, 0.2) is 24.8 Å². The van der Waals surface area contributed by atoms with Gasteiger partial charge in [0.05, 0.1) is 12.4 Å². The Morgan fingerprint density at radius 3 is 3.09 bits per heavy atom. The first-order chi connectivity index (χ1) is 5.36. The quantitative estimate of drug-likeness (QED) is 0.645. The number of hydrogen-bond acceptors (Lipinski definition) is 2. The first-order valence-corrected chi connectivity index (χ1v) is 3.73. The Labute approximate surface area is 65.0 Å².